The van der Waals surface area contributed by atoms with Crippen LogP contribution in [0.5, 0.6) is 0 Å². The van der Waals surface area contributed by atoms with Crippen LogP contribution in [0.2, 0.25) is 0 Å². The van der Waals surface area contributed by atoms with Crippen molar-refractivity contribution in [2.24, 2.45) is 46.3 Å². The van der Waals surface area contributed by atoms with Crippen LogP contribution < -0.4 is 17.2 Å². The highest BCUT2D eigenvalue weighted by Gasteiger charge is 2.55. The summed E-state index contributed by atoms with van der Waals surface area (Å²) in [6.07, 6.45) is 9.86. The van der Waals surface area contributed by atoms with Gasteiger partial charge in [0.25, 0.3) is 0 Å². The molecule has 7 atom stereocenters. The first kappa shape index (κ1) is 35.3. The molecule has 2 rings (SSSR count). The van der Waals surface area contributed by atoms with Gasteiger partial charge in [0.1, 0.15) is 0 Å². The van der Waals surface area contributed by atoms with Crippen LogP contribution in [-0.2, 0) is 14.4 Å². The Bertz CT molecular complexity index is 705. The van der Waals surface area contributed by atoms with E-state index in [1.54, 1.807) is 0 Å². The predicted octanol–water partition coefficient (Wildman–Crippen LogP) is 4.46. The van der Waals surface area contributed by atoms with Gasteiger partial charge in [0.2, 0.25) is 0 Å². The molecule has 0 aromatic rings. The summed E-state index contributed by atoms with van der Waals surface area (Å²) in [4.78, 5) is 31.3. The zero-order valence-corrected chi connectivity index (χ0v) is 23.9. The van der Waals surface area contributed by atoms with E-state index in [0.29, 0.717) is 29.7 Å². The lowest BCUT2D eigenvalue weighted by molar-refractivity contribution is -0.139. The van der Waals surface area contributed by atoms with E-state index >= 15 is 0 Å². The monoisotopic (exact) mass is 529 g/mol. The maximum Gasteiger partial charge on any atom is 0.305 e. The lowest BCUT2D eigenvalue weighted by Crippen LogP contribution is -2.40. The van der Waals surface area contributed by atoms with Crippen LogP contribution in [0.15, 0.2) is 0 Å². The molecule has 9 nitrogen and oxygen atoms in total. The Balaban J connectivity index is 0.000000528. The molecule has 0 bridgehead atoms. The third kappa shape index (κ3) is 14.7. The molecule has 9 N–H and O–H groups in total. The van der Waals surface area contributed by atoms with Crippen LogP contribution in [0, 0.1) is 29.1 Å². The molecule has 0 saturated heterocycles. The number of carbonyl (C=O) groups is 3. The Morgan fingerprint density at radius 3 is 1.92 bits per heavy atom. The molecule has 37 heavy (non-hydrogen) atoms. The third-order valence-electron chi connectivity index (χ3n) is 8.11. The van der Waals surface area contributed by atoms with Crippen LogP contribution >= 0.6 is 0 Å². The molecule has 2 aliphatic rings. The van der Waals surface area contributed by atoms with Gasteiger partial charge in [0.05, 0.1) is 12.8 Å². The fourth-order valence-corrected chi connectivity index (χ4v) is 5.91. The van der Waals surface area contributed by atoms with Crippen LogP contribution in [0.25, 0.3) is 0 Å². The molecule has 218 valence electrons. The van der Waals surface area contributed by atoms with E-state index in [0.717, 1.165) is 44.9 Å². The first-order valence-electron chi connectivity index (χ1n) is 14.0. The SMILES string of the molecule is CC12CCC1CC(N)(CC(=O)O)C2.CCC[C@@H](C)C[C@H](CN)CC(=O)O.CC[C@@H](C)C[C@H](N)CC(=O)O. The number of aliphatic carboxylic acids is 3. The summed E-state index contributed by atoms with van der Waals surface area (Å²) in [5.74, 6) is -0.328. The highest BCUT2D eigenvalue weighted by atomic mass is 16.4. The molecule has 0 aliphatic heterocycles. The van der Waals surface area contributed by atoms with Crippen LogP contribution in [-0.4, -0.2) is 51.4 Å². The van der Waals surface area contributed by atoms with Crippen molar-refractivity contribution in [3.05, 3.63) is 0 Å². The number of hydrogen-bond donors (Lipinski definition) is 6. The Labute approximate surface area is 223 Å². The van der Waals surface area contributed by atoms with E-state index in [1.807, 2.05) is 0 Å². The first-order chi connectivity index (χ1) is 17.1. The maximum atomic E-state index is 10.6. The normalized spacial score (nSPS) is 27.1. The minimum absolute atomic E-state index is 0.0876. The Morgan fingerprint density at radius 2 is 1.57 bits per heavy atom. The molecule has 9 heteroatoms. The Morgan fingerprint density at radius 1 is 0.973 bits per heavy atom. The first-order valence-corrected chi connectivity index (χ1v) is 14.0. The Hall–Kier alpha value is -1.71. The van der Waals surface area contributed by atoms with Crippen molar-refractivity contribution in [2.45, 2.75) is 123 Å². The summed E-state index contributed by atoms with van der Waals surface area (Å²) < 4.78 is 0. The fourth-order valence-electron chi connectivity index (χ4n) is 5.91. The van der Waals surface area contributed by atoms with Crippen molar-refractivity contribution >= 4 is 17.9 Å². The van der Waals surface area contributed by atoms with E-state index in [4.69, 9.17) is 32.5 Å². The average Bonchev–Trinajstić information content (AvgIpc) is 2.92. The second-order valence-electron chi connectivity index (χ2n) is 12.1. The molecule has 2 fully saturated rings. The van der Waals surface area contributed by atoms with Crippen molar-refractivity contribution in [3.8, 4) is 0 Å². The smallest absolute Gasteiger partial charge is 0.305 e. The lowest BCUT2D eigenvalue weighted by atomic mass is 9.63. The number of hydrogen-bond acceptors (Lipinski definition) is 6. The molecule has 2 aliphatic carbocycles. The number of carboxylic acids is 3. The van der Waals surface area contributed by atoms with Crippen molar-refractivity contribution in [1.82, 2.24) is 0 Å². The van der Waals surface area contributed by atoms with E-state index < -0.39 is 23.4 Å². The number of fused-ring (bicyclic) bond motifs is 1. The standard InChI is InChI=1S/C10H17NO2.C10H21NO2.C8H17NO2/c1-9-3-2-7(9)4-10(11,6-9)5-8(12)13;1-3-4-8(2)5-9(7-11)6-10(12)13;1-3-6(2)4-7(9)5-8(10)11/h7H,2-6,11H2,1H3,(H,12,13);8-9H,3-7,11H2,1-2H3,(H,12,13);6-7H,3-5,9H2,1-2H3,(H,10,11)/t;8-,9+;6-,7+/m.11/s1. The summed E-state index contributed by atoms with van der Waals surface area (Å²) >= 11 is 0. The summed E-state index contributed by atoms with van der Waals surface area (Å²) in [5, 5.41) is 25.7. The molecule has 0 spiro atoms. The minimum atomic E-state index is -0.805. The summed E-state index contributed by atoms with van der Waals surface area (Å²) in [6, 6.07) is -0.178. The quantitative estimate of drug-likeness (QED) is 0.189. The molecular formula is C28H55N3O6. The van der Waals surface area contributed by atoms with Gasteiger partial charge < -0.3 is 32.5 Å². The van der Waals surface area contributed by atoms with Crippen molar-refractivity contribution in [2.75, 3.05) is 6.54 Å². The van der Waals surface area contributed by atoms with Gasteiger partial charge in [-0.2, -0.15) is 0 Å². The zero-order chi connectivity index (χ0) is 28.8. The number of carboxylic acid groups (broad SMARTS) is 3. The summed E-state index contributed by atoms with van der Waals surface area (Å²) in [6.45, 7) is 11.2. The van der Waals surface area contributed by atoms with Crippen LogP contribution in [0.4, 0.5) is 0 Å². The summed E-state index contributed by atoms with van der Waals surface area (Å²) in [5.41, 5.74) is 17.1. The maximum absolute atomic E-state index is 10.6. The molecule has 0 aromatic heterocycles. The van der Waals surface area contributed by atoms with Crippen molar-refractivity contribution in [3.63, 3.8) is 0 Å². The molecule has 2 saturated carbocycles. The van der Waals surface area contributed by atoms with Crippen LogP contribution in [0.3, 0.4) is 0 Å². The van der Waals surface area contributed by atoms with Gasteiger partial charge in [-0.25, -0.2) is 0 Å². The van der Waals surface area contributed by atoms with E-state index in [1.165, 1.54) is 12.8 Å². The molecular weight excluding hydrogens is 474 g/mol. The van der Waals surface area contributed by atoms with Gasteiger partial charge in [-0.1, -0.05) is 53.9 Å². The zero-order valence-electron chi connectivity index (χ0n) is 23.9. The molecule has 0 aromatic carbocycles. The molecule has 0 heterocycles. The second-order valence-corrected chi connectivity index (χ2v) is 12.1. The molecule has 0 amide bonds. The lowest BCUT2D eigenvalue weighted by Gasteiger charge is -2.41. The van der Waals surface area contributed by atoms with Gasteiger partial charge in [-0.3, -0.25) is 14.4 Å². The van der Waals surface area contributed by atoms with Gasteiger partial charge in [-0.05, 0) is 74.2 Å². The highest BCUT2D eigenvalue weighted by Crippen LogP contribution is 2.60. The number of rotatable bonds is 14. The summed E-state index contributed by atoms with van der Waals surface area (Å²) in [7, 11) is 0. The molecule has 0 radical (unpaired) electrons. The third-order valence-corrected chi connectivity index (χ3v) is 8.11. The van der Waals surface area contributed by atoms with Crippen molar-refractivity contribution < 1.29 is 29.7 Å². The van der Waals surface area contributed by atoms with Crippen LogP contribution in [0.1, 0.15) is 112 Å². The predicted molar refractivity (Wildman–Crippen MR) is 147 cm³/mol. The van der Waals surface area contributed by atoms with Gasteiger partial charge in [0.15, 0.2) is 0 Å². The second kappa shape index (κ2) is 17.0. The van der Waals surface area contributed by atoms with E-state index in [9.17, 15) is 14.4 Å². The topological polar surface area (TPSA) is 190 Å². The van der Waals surface area contributed by atoms with Gasteiger partial charge in [-0.15, -0.1) is 0 Å². The van der Waals surface area contributed by atoms with Crippen molar-refractivity contribution in [1.29, 1.82) is 0 Å². The minimum Gasteiger partial charge on any atom is -0.481 e. The van der Waals surface area contributed by atoms with Gasteiger partial charge >= 0.3 is 17.9 Å². The van der Waals surface area contributed by atoms with E-state index in [2.05, 4.69) is 34.6 Å². The van der Waals surface area contributed by atoms with E-state index in [-0.39, 0.29) is 31.2 Å². The largest absolute Gasteiger partial charge is 0.481 e. The Kier molecular flexibility index (Phi) is 16.2. The van der Waals surface area contributed by atoms with Gasteiger partial charge in [0, 0.05) is 18.0 Å². The molecule has 3 unspecified atom stereocenters. The average molecular weight is 530 g/mol. The number of nitrogens with two attached hydrogens (primary N) is 3. The fraction of sp³-hybridized carbons (Fsp3) is 0.893. The highest BCUT2D eigenvalue weighted by molar-refractivity contribution is 5.68.